The molecule has 0 unspecified atom stereocenters. The van der Waals surface area contributed by atoms with Crippen molar-refractivity contribution in [3.8, 4) is 0 Å². The van der Waals surface area contributed by atoms with Crippen LogP contribution in [0.5, 0.6) is 0 Å². The van der Waals surface area contributed by atoms with Gasteiger partial charge in [0, 0.05) is 0 Å². The standard InChI is InChI=1S/C6H11NO2.C2HF6NO4S2/c1-9-6(8)5-3-2-4-7-5;3-1(4,5)14(10,11)9-15(12,13)2(6,7)8/h5,7H,2-4H2,1H3;9H/t5-;/m0./s1. The van der Waals surface area contributed by atoms with Crippen molar-refractivity contribution in [1.82, 2.24) is 9.44 Å². The van der Waals surface area contributed by atoms with Crippen molar-refractivity contribution in [3.63, 3.8) is 0 Å². The lowest BCUT2D eigenvalue weighted by Crippen LogP contribution is -2.45. The Morgan fingerprint density at radius 1 is 1.04 bits per heavy atom. The molecule has 1 saturated heterocycles. The number of methoxy groups -OCH3 is 1. The smallest absolute Gasteiger partial charge is 0.468 e. The molecule has 1 aliphatic heterocycles. The van der Waals surface area contributed by atoms with E-state index in [1.807, 2.05) is 0 Å². The summed E-state index contributed by atoms with van der Waals surface area (Å²) >= 11 is 0. The minimum Gasteiger partial charge on any atom is -0.468 e. The number of carbonyl (C=O) groups excluding carboxylic acids is 1. The quantitative estimate of drug-likeness (QED) is 0.504. The van der Waals surface area contributed by atoms with E-state index in [0.29, 0.717) is 0 Å². The van der Waals surface area contributed by atoms with Gasteiger partial charge in [0.05, 0.1) is 7.11 Å². The van der Waals surface area contributed by atoms with Crippen LogP contribution in [0.2, 0.25) is 0 Å². The molecule has 0 aromatic heterocycles. The Kier molecular flexibility index (Phi) is 7.47. The maximum atomic E-state index is 11.5. The van der Waals surface area contributed by atoms with Crippen molar-refractivity contribution < 1.29 is 52.7 Å². The first kappa shape index (κ1) is 22.9. The summed E-state index contributed by atoms with van der Waals surface area (Å²) in [6, 6.07) is -0.0324. The predicted molar refractivity (Wildman–Crippen MR) is 66.1 cm³/mol. The topological polar surface area (TPSA) is 119 Å². The van der Waals surface area contributed by atoms with Crippen LogP contribution in [0, 0.1) is 0 Å². The molecular formula is C8H12F6N2O6S2. The Hall–Kier alpha value is -1.13. The maximum Gasteiger partial charge on any atom is 0.512 e. The Morgan fingerprint density at radius 3 is 1.71 bits per heavy atom. The van der Waals surface area contributed by atoms with Crippen LogP contribution in [0.3, 0.4) is 0 Å². The summed E-state index contributed by atoms with van der Waals surface area (Å²) < 4.78 is 113. The van der Waals surface area contributed by atoms with E-state index in [-0.39, 0.29) is 12.0 Å². The molecule has 2 N–H and O–H groups in total. The maximum absolute atomic E-state index is 11.5. The van der Waals surface area contributed by atoms with Gasteiger partial charge in [-0.1, -0.05) is 4.13 Å². The molecule has 0 amide bonds. The number of carbonyl (C=O) groups is 1. The molecule has 1 heterocycles. The molecule has 1 aliphatic rings. The molecule has 1 rings (SSSR count). The van der Waals surface area contributed by atoms with E-state index in [2.05, 4.69) is 10.1 Å². The van der Waals surface area contributed by atoms with Crippen molar-refractivity contribution in [2.24, 2.45) is 0 Å². The van der Waals surface area contributed by atoms with Crippen molar-refractivity contribution in [2.45, 2.75) is 29.9 Å². The van der Waals surface area contributed by atoms with Gasteiger partial charge in [-0.15, -0.1) is 0 Å². The highest BCUT2D eigenvalue weighted by Gasteiger charge is 2.55. The van der Waals surface area contributed by atoms with E-state index in [0.717, 1.165) is 19.4 Å². The monoisotopic (exact) mass is 410 g/mol. The van der Waals surface area contributed by atoms with Crippen LogP contribution >= 0.6 is 0 Å². The van der Waals surface area contributed by atoms with Gasteiger partial charge in [0.2, 0.25) is 0 Å². The highest BCUT2D eigenvalue weighted by Crippen LogP contribution is 2.27. The van der Waals surface area contributed by atoms with Crippen LogP contribution in [0.15, 0.2) is 0 Å². The number of sulfonamides is 2. The highest BCUT2D eigenvalue weighted by atomic mass is 32.3. The predicted octanol–water partition coefficient (Wildman–Crippen LogP) is 0.187. The number of ether oxygens (including phenoxy) is 1. The van der Waals surface area contributed by atoms with Gasteiger partial charge in [-0.2, -0.15) is 26.3 Å². The summed E-state index contributed by atoms with van der Waals surface area (Å²) in [6.07, 6.45) is 2.01. The third kappa shape index (κ3) is 6.40. The number of halogens is 6. The summed E-state index contributed by atoms with van der Waals surface area (Å²) in [7, 11) is -11.8. The van der Waals surface area contributed by atoms with Gasteiger partial charge in [0.1, 0.15) is 6.04 Å². The minimum atomic E-state index is -6.60. The van der Waals surface area contributed by atoms with Crippen LogP contribution in [-0.2, 0) is 29.6 Å². The lowest BCUT2D eigenvalue weighted by Gasteiger charge is -2.11. The number of esters is 1. The third-order valence-electron chi connectivity index (χ3n) is 2.37. The molecule has 24 heavy (non-hydrogen) atoms. The normalized spacial score (nSPS) is 19.4. The van der Waals surface area contributed by atoms with Gasteiger partial charge in [-0.25, -0.2) is 16.8 Å². The van der Waals surface area contributed by atoms with Crippen LogP contribution in [0.1, 0.15) is 12.8 Å². The minimum absolute atomic E-state index is 0.0324. The van der Waals surface area contributed by atoms with E-state index in [1.54, 1.807) is 0 Å². The second kappa shape index (κ2) is 7.83. The van der Waals surface area contributed by atoms with Crippen molar-refractivity contribution >= 4 is 26.0 Å². The number of rotatable bonds is 3. The largest absolute Gasteiger partial charge is 0.512 e. The van der Waals surface area contributed by atoms with Gasteiger partial charge in [0.15, 0.2) is 0 Å². The number of hydrogen-bond donors (Lipinski definition) is 2. The SMILES string of the molecule is COC(=O)[C@@H]1CCCN1.O=S(=O)(NS(=O)(=O)C(F)(F)F)C(F)(F)F. The molecule has 0 aromatic carbocycles. The Morgan fingerprint density at radius 2 is 1.46 bits per heavy atom. The summed E-state index contributed by atoms with van der Waals surface area (Å²) in [4.78, 5) is 10.7. The molecule has 8 nitrogen and oxygen atoms in total. The Labute approximate surface area is 132 Å². The fourth-order valence-corrected chi connectivity index (χ4v) is 3.18. The summed E-state index contributed by atoms with van der Waals surface area (Å²) in [5, 5.41) is 3.03. The van der Waals surface area contributed by atoms with Crippen molar-refractivity contribution in [1.29, 1.82) is 0 Å². The molecule has 0 spiro atoms. The third-order valence-corrected chi connectivity index (χ3v) is 5.35. The average Bonchev–Trinajstić information content (AvgIpc) is 2.88. The molecule has 0 radical (unpaired) electrons. The second-order valence-corrected chi connectivity index (χ2v) is 7.76. The lowest BCUT2D eigenvalue weighted by molar-refractivity contribution is -0.142. The fraction of sp³-hybridized carbons (Fsp3) is 0.875. The van der Waals surface area contributed by atoms with Crippen LogP contribution in [0.25, 0.3) is 0 Å². The highest BCUT2D eigenvalue weighted by molar-refractivity contribution is 8.05. The van der Waals surface area contributed by atoms with Gasteiger partial charge in [-0.05, 0) is 19.4 Å². The zero-order valence-electron chi connectivity index (χ0n) is 11.7. The number of hydrogen-bond acceptors (Lipinski definition) is 7. The first-order valence-electron chi connectivity index (χ1n) is 5.77. The Bertz CT molecular complexity index is 593. The lowest BCUT2D eigenvalue weighted by atomic mass is 10.2. The van der Waals surface area contributed by atoms with Crippen LogP contribution in [-0.4, -0.2) is 53.5 Å². The van der Waals surface area contributed by atoms with E-state index < -0.39 is 35.2 Å². The first-order chi connectivity index (χ1) is 10.5. The molecule has 0 aliphatic carbocycles. The average molecular weight is 410 g/mol. The number of alkyl halides is 6. The zero-order chi connectivity index (χ0) is 19.4. The van der Waals surface area contributed by atoms with Crippen molar-refractivity contribution in [3.05, 3.63) is 0 Å². The second-order valence-electron chi connectivity index (χ2n) is 4.15. The van der Waals surface area contributed by atoms with Crippen molar-refractivity contribution in [2.75, 3.05) is 13.7 Å². The summed E-state index contributed by atoms with van der Waals surface area (Å²) in [5.74, 6) is -0.132. The van der Waals surface area contributed by atoms with E-state index in [4.69, 9.17) is 0 Å². The van der Waals surface area contributed by atoms with E-state index >= 15 is 0 Å². The molecule has 1 fully saturated rings. The molecule has 0 saturated carbocycles. The van der Waals surface area contributed by atoms with Gasteiger partial charge >= 0.3 is 37.0 Å². The Balaban J connectivity index is 0.000000496. The zero-order valence-corrected chi connectivity index (χ0v) is 13.4. The molecular weight excluding hydrogens is 398 g/mol. The van der Waals surface area contributed by atoms with E-state index in [1.165, 1.54) is 7.11 Å². The number of nitrogens with one attached hydrogen (secondary N) is 2. The van der Waals surface area contributed by atoms with Crippen LogP contribution < -0.4 is 9.44 Å². The molecule has 0 aromatic rings. The fourth-order valence-electron chi connectivity index (χ4n) is 1.27. The van der Waals surface area contributed by atoms with Crippen LogP contribution in [0.4, 0.5) is 26.3 Å². The van der Waals surface area contributed by atoms with Gasteiger partial charge < -0.3 is 10.1 Å². The van der Waals surface area contributed by atoms with Gasteiger partial charge in [-0.3, -0.25) is 4.79 Å². The summed E-state index contributed by atoms with van der Waals surface area (Å²) in [5.41, 5.74) is -12.3. The molecule has 0 bridgehead atoms. The van der Waals surface area contributed by atoms with Gasteiger partial charge in [0.25, 0.3) is 0 Å². The first-order valence-corrected chi connectivity index (χ1v) is 8.74. The molecule has 16 heteroatoms. The van der Waals surface area contributed by atoms with E-state index in [9.17, 15) is 48.0 Å². The molecule has 144 valence electrons. The molecule has 1 atom stereocenters. The summed E-state index contributed by atoms with van der Waals surface area (Å²) in [6.45, 7) is 0.944.